The van der Waals surface area contributed by atoms with Gasteiger partial charge in [-0.15, -0.1) is 11.3 Å². The lowest BCUT2D eigenvalue weighted by atomic mass is 9.95. The lowest BCUT2D eigenvalue weighted by Crippen LogP contribution is -2.15. The van der Waals surface area contributed by atoms with Gasteiger partial charge in [-0.2, -0.15) is 0 Å². The van der Waals surface area contributed by atoms with Crippen molar-refractivity contribution in [1.82, 2.24) is 0 Å². The summed E-state index contributed by atoms with van der Waals surface area (Å²) in [6.45, 7) is 7.08. The third-order valence-corrected chi connectivity index (χ3v) is 6.17. The molecular formula is C23H29NO4S. The van der Waals surface area contributed by atoms with Gasteiger partial charge in [0, 0.05) is 10.4 Å². The van der Waals surface area contributed by atoms with E-state index in [-0.39, 0.29) is 11.9 Å². The molecule has 0 saturated carbocycles. The summed E-state index contributed by atoms with van der Waals surface area (Å²) in [6.07, 6.45) is 4.97. The molecule has 1 amide bonds. The van der Waals surface area contributed by atoms with Crippen LogP contribution in [0.2, 0.25) is 0 Å². The number of thiophene rings is 1. The third kappa shape index (κ3) is 5.38. The van der Waals surface area contributed by atoms with Crippen molar-refractivity contribution in [1.29, 1.82) is 0 Å². The molecule has 0 fully saturated rings. The maximum atomic E-state index is 12.8. The molecule has 1 heterocycles. The highest BCUT2D eigenvalue weighted by Crippen LogP contribution is 2.38. The molecule has 1 aromatic heterocycles. The number of hydrogen-bond acceptors (Lipinski definition) is 5. The molecule has 1 N–H and O–H groups in total. The van der Waals surface area contributed by atoms with Gasteiger partial charge in [-0.25, -0.2) is 4.79 Å². The Bertz CT molecular complexity index is 855. The molecule has 0 unspecified atom stereocenters. The largest absolute Gasteiger partial charge is 0.494 e. The number of nitrogens with one attached hydrogen (secondary N) is 1. The highest BCUT2D eigenvalue weighted by Gasteiger charge is 2.27. The van der Waals surface area contributed by atoms with Crippen LogP contribution >= 0.6 is 11.3 Å². The third-order valence-electron chi connectivity index (χ3n) is 4.96. The van der Waals surface area contributed by atoms with Crippen molar-refractivity contribution in [3.63, 3.8) is 0 Å². The number of esters is 1. The van der Waals surface area contributed by atoms with Gasteiger partial charge in [-0.05, 0) is 74.8 Å². The van der Waals surface area contributed by atoms with Crippen LogP contribution in [0.25, 0.3) is 0 Å². The number of ether oxygens (including phenoxy) is 2. The van der Waals surface area contributed by atoms with E-state index in [1.165, 1.54) is 16.2 Å². The van der Waals surface area contributed by atoms with Crippen LogP contribution in [-0.2, 0) is 17.6 Å². The van der Waals surface area contributed by atoms with Crippen LogP contribution < -0.4 is 10.1 Å². The van der Waals surface area contributed by atoms with E-state index in [0.717, 1.165) is 43.4 Å². The van der Waals surface area contributed by atoms with Gasteiger partial charge in [0.15, 0.2) is 0 Å². The zero-order valence-electron chi connectivity index (χ0n) is 17.4. The molecule has 1 aliphatic rings. The van der Waals surface area contributed by atoms with Crippen molar-refractivity contribution in [3.05, 3.63) is 45.8 Å². The number of fused-ring (bicyclic) bond motifs is 1. The first-order chi connectivity index (χ1) is 14.0. The molecule has 5 nitrogen and oxygen atoms in total. The fraction of sp³-hybridized carbons (Fsp3) is 0.478. The number of hydrogen-bond donors (Lipinski definition) is 1. The molecule has 2 aromatic rings. The summed E-state index contributed by atoms with van der Waals surface area (Å²) >= 11 is 1.50. The van der Waals surface area contributed by atoms with Gasteiger partial charge < -0.3 is 14.8 Å². The Morgan fingerprint density at radius 1 is 1.14 bits per heavy atom. The highest BCUT2D eigenvalue weighted by molar-refractivity contribution is 7.17. The van der Waals surface area contributed by atoms with Crippen LogP contribution in [0.3, 0.4) is 0 Å². The van der Waals surface area contributed by atoms with Crippen LogP contribution in [0.15, 0.2) is 24.3 Å². The number of carbonyl (C=O) groups excluding carboxylic acids is 2. The van der Waals surface area contributed by atoms with Gasteiger partial charge in [-0.3, -0.25) is 4.79 Å². The second-order valence-corrected chi connectivity index (χ2v) is 8.75. The Kier molecular flexibility index (Phi) is 7.31. The van der Waals surface area contributed by atoms with Gasteiger partial charge in [0.1, 0.15) is 10.8 Å². The van der Waals surface area contributed by atoms with Crippen molar-refractivity contribution >= 4 is 28.2 Å². The first-order valence-electron chi connectivity index (χ1n) is 10.4. The summed E-state index contributed by atoms with van der Waals surface area (Å²) in [5.74, 6) is 0.755. The SMILES string of the molecule is CCOC(=O)c1c(NC(=O)c2ccc(OCCC(C)C)cc2)sc2c1CCCC2. The van der Waals surface area contributed by atoms with E-state index in [1.807, 2.05) is 0 Å². The number of benzene rings is 1. The molecule has 156 valence electrons. The quantitative estimate of drug-likeness (QED) is 0.580. The van der Waals surface area contributed by atoms with Crippen molar-refractivity contribution in [2.45, 2.75) is 52.9 Å². The summed E-state index contributed by atoms with van der Waals surface area (Å²) in [6, 6.07) is 7.11. The summed E-state index contributed by atoms with van der Waals surface area (Å²) in [5.41, 5.74) is 2.11. The van der Waals surface area contributed by atoms with E-state index in [0.29, 0.717) is 35.3 Å². The average molecular weight is 416 g/mol. The fourth-order valence-corrected chi connectivity index (χ4v) is 4.64. The molecule has 0 aliphatic heterocycles. The van der Waals surface area contributed by atoms with E-state index < -0.39 is 0 Å². The second kappa shape index (κ2) is 9.92. The second-order valence-electron chi connectivity index (χ2n) is 7.64. The molecule has 0 atom stereocenters. The lowest BCUT2D eigenvalue weighted by molar-refractivity contribution is 0.0526. The average Bonchev–Trinajstić information content (AvgIpc) is 3.06. The Morgan fingerprint density at radius 3 is 2.55 bits per heavy atom. The first kappa shape index (κ1) is 21.4. The van der Waals surface area contributed by atoms with Gasteiger partial charge >= 0.3 is 5.97 Å². The number of rotatable bonds is 8. The summed E-state index contributed by atoms with van der Waals surface area (Å²) in [7, 11) is 0. The molecule has 1 aromatic carbocycles. The van der Waals surface area contributed by atoms with Crippen LogP contribution in [0.1, 0.15) is 71.2 Å². The Balaban J connectivity index is 1.73. The lowest BCUT2D eigenvalue weighted by Gasteiger charge is -2.12. The van der Waals surface area contributed by atoms with Gasteiger partial charge in [-0.1, -0.05) is 13.8 Å². The topological polar surface area (TPSA) is 64.6 Å². The Morgan fingerprint density at radius 2 is 1.86 bits per heavy atom. The van der Waals surface area contributed by atoms with Crippen molar-refractivity contribution in [2.75, 3.05) is 18.5 Å². The molecule has 6 heteroatoms. The zero-order chi connectivity index (χ0) is 20.8. The number of anilines is 1. The van der Waals surface area contributed by atoms with E-state index in [9.17, 15) is 9.59 Å². The van der Waals surface area contributed by atoms with Crippen LogP contribution in [0.4, 0.5) is 5.00 Å². The van der Waals surface area contributed by atoms with Crippen molar-refractivity contribution in [3.8, 4) is 5.75 Å². The van der Waals surface area contributed by atoms with Gasteiger partial charge in [0.2, 0.25) is 0 Å². The number of carbonyl (C=O) groups is 2. The molecule has 0 spiro atoms. The van der Waals surface area contributed by atoms with Crippen molar-refractivity contribution in [2.24, 2.45) is 5.92 Å². The predicted molar refractivity (Wildman–Crippen MR) is 116 cm³/mol. The predicted octanol–water partition coefficient (Wildman–Crippen LogP) is 5.48. The minimum atomic E-state index is -0.351. The minimum Gasteiger partial charge on any atom is -0.494 e. The Hall–Kier alpha value is -2.34. The summed E-state index contributed by atoms with van der Waals surface area (Å²) in [5, 5.41) is 3.53. The number of aryl methyl sites for hydroxylation is 1. The maximum Gasteiger partial charge on any atom is 0.341 e. The van der Waals surface area contributed by atoms with Crippen LogP contribution in [0, 0.1) is 5.92 Å². The Labute approximate surface area is 176 Å². The van der Waals surface area contributed by atoms with Crippen LogP contribution in [-0.4, -0.2) is 25.1 Å². The van der Waals surface area contributed by atoms with Crippen molar-refractivity contribution < 1.29 is 19.1 Å². The molecule has 3 rings (SSSR count). The molecule has 0 bridgehead atoms. The maximum absolute atomic E-state index is 12.8. The molecule has 29 heavy (non-hydrogen) atoms. The van der Waals surface area contributed by atoms with Gasteiger partial charge in [0.05, 0.1) is 18.8 Å². The van der Waals surface area contributed by atoms with Crippen LogP contribution in [0.5, 0.6) is 5.75 Å². The minimum absolute atomic E-state index is 0.233. The molecule has 0 saturated heterocycles. The van der Waals surface area contributed by atoms with E-state index in [2.05, 4.69) is 19.2 Å². The van der Waals surface area contributed by atoms with Gasteiger partial charge in [0.25, 0.3) is 5.91 Å². The molecule has 1 aliphatic carbocycles. The molecular weight excluding hydrogens is 386 g/mol. The van der Waals surface area contributed by atoms with E-state index in [4.69, 9.17) is 9.47 Å². The smallest absolute Gasteiger partial charge is 0.341 e. The summed E-state index contributed by atoms with van der Waals surface area (Å²) in [4.78, 5) is 26.5. The summed E-state index contributed by atoms with van der Waals surface area (Å²) < 4.78 is 11.0. The highest BCUT2D eigenvalue weighted by atomic mass is 32.1. The number of amides is 1. The first-order valence-corrected chi connectivity index (χ1v) is 11.2. The normalized spacial score (nSPS) is 13.1. The van der Waals surface area contributed by atoms with E-state index in [1.54, 1.807) is 31.2 Å². The fourth-order valence-electron chi connectivity index (χ4n) is 3.36. The molecule has 0 radical (unpaired) electrons. The standard InChI is InChI=1S/C23H29NO4S/c1-4-27-23(26)20-18-7-5-6-8-19(18)29-22(20)24-21(25)16-9-11-17(12-10-16)28-14-13-15(2)3/h9-12,15H,4-8,13-14H2,1-3H3,(H,24,25). The zero-order valence-corrected chi connectivity index (χ0v) is 18.2. The monoisotopic (exact) mass is 415 g/mol. The van der Waals surface area contributed by atoms with E-state index >= 15 is 0 Å².